The van der Waals surface area contributed by atoms with Crippen LogP contribution in [-0.4, -0.2) is 45.7 Å². The van der Waals surface area contributed by atoms with Crippen LogP contribution in [0.25, 0.3) is 5.65 Å². The van der Waals surface area contributed by atoms with Gasteiger partial charge >= 0.3 is 0 Å². The maximum Gasteiger partial charge on any atom is 0.247 e. The lowest BCUT2D eigenvalue weighted by Gasteiger charge is -2.15. The molecule has 3 aromatic rings. The Kier molecular flexibility index (Phi) is 4.29. The Morgan fingerprint density at radius 1 is 1.04 bits per heavy atom. The zero-order chi connectivity index (χ0) is 16.2. The summed E-state index contributed by atoms with van der Waals surface area (Å²) < 4.78 is 7.56. The van der Waals surface area contributed by atoms with Crippen LogP contribution in [0.5, 0.6) is 5.75 Å². The summed E-state index contributed by atoms with van der Waals surface area (Å²) in [5.41, 5.74) is 1.76. The fraction of sp³-hybridized carbons (Fsp3) is 0.333. The molecule has 4 rings (SSSR count). The smallest absolute Gasteiger partial charge is 0.247 e. The van der Waals surface area contributed by atoms with E-state index in [-0.39, 0.29) is 0 Å². The highest BCUT2D eigenvalue weighted by Gasteiger charge is 2.10. The molecule has 0 atom stereocenters. The van der Waals surface area contributed by atoms with Gasteiger partial charge in [0.25, 0.3) is 0 Å². The Morgan fingerprint density at radius 3 is 2.67 bits per heavy atom. The normalized spacial score (nSPS) is 15.0. The predicted octanol–water partition coefficient (Wildman–Crippen LogP) is 2.95. The number of likely N-dealkylation sites (tertiary alicyclic amines) is 1. The first-order valence-electron chi connectivity index (χ1n) is 8.40. The minimum atomic E-state index is 0.587. The summed E-state index contributed by atoms with van der Waals surface area (Å²) in [6.45, 7) is 4.16. The molecule has 1 aromatic carbocycles. The van der Waals surface area contributed by atoms with Crippen LogP contribution in [0, 0.1) is 0 Å². The Morgan fingerprint density at radius 2 is 1.88 bits per heavy atom. The molecule has 6 heteroatoms. The summed E-state index contributed by atoms with van der Waals surface area (Å²) in [6.07, 6.45) is 4.51. The molecule has 24 heavy (non-hydrogen) atoms. The monoisotopic (exact) mass is 323 g/mol. The SMILES string of the molecule is c1ccn2nc(Nc3ccc(OCCN4CCCC4)cc3)nc2c1. The second-order valence-electron chi connectivity index (χ2n) is 5.99. The van der Waals surface area contributed by atoms with E-state index in [2.05, 4.69) is 20.3 Å². The molecule has 124 valence electrons. The number of fused-ring (bicyclic) bond motifs is 1. The third kappa shape index (κ3) is 3.49. The van der Waals surface area contributed by atoms with Gasteiger partial charge < -0.3 is 10.1 Å². The standard InChI is InChI=1S/C18H21N5O/c1-2-12-23-17(5-1)20-18(21-23)19-15-6-8-16(9-7-15)24-14-13-22-10-3-4-11-22/h1-2,5-9,12H,3-4,10-11,13-14H2,(H,19,21). The molecular formula is C18H21N5O. The lowest BCUT2D eigenvalue weighted by atomic mass is 10.3. The van der Waals surface area contributed by atoms with Gasteiger partial charge in [0.2, 0.25) is 5.95 Å². The minimum absolute atomic E-state index is 0.587. The van der Waals surface area contributed by atoms with E-state index < -0.39 is 0 Å². The van der Waals surface area contributed by atoms with Crippen molar-refractivity contribution in [3.63, 3.8) is 0 Å². The van der Waals surface area contributed by atoms with Gasteiger partial charge in [-0.2, -0.15) is 4.98 Å². The Balaban J connectivity index is 1.33. The lowest BCUT2D eigenvalue weighted by molar-refractivity contribution is 0.238. The maximum atomic E-state index is 5.82. The number of nitrogens with zero attached hydrogens (tertiary/aromatic N) is 4. The van der Waals surface area contributed by atoms with Crippen LogP contribution in [-0.2, 0) is 0 Å². The van der Waals surface area contributed by atoms with E-state index in [1.165, 1.54) is 25.9 Å². The van der Waals surface area contributed by atoms with E-state index in [1.807, 2.05) is 48.7 Å². The number of rotatable bonds is 6. The van der Waals surface area contributed by atoms with Crippen molar-refractivity contribution in [2.24, 2.45) is 0 Å². The molecule has 0 saturated carbocycles. The molecule has 3 heterocycles. The number of nitrogens with one attached hydrogen (secondary N) is 1. The summed E-state index contributed by atoms with van der Waals surface area (Å²) in [7, 11) is 0. The van der Waals surface area contributed by atoms with Crippen LogP contribution in [0.2, 0.25) is 0 Å². The molecule has 2 aromatic heterocycles. The molecule has 0 spiro atoms. The summed E-state index contributed by atoms with van der Waals surface area (Å²) in [5.74, 6) is 1.48. The first-order valence-corrected chi connectivity index (χ1v) is 8.40. The van der Waals surface area contributed by atoms with Crippen molar-refractivity contribution in [1.29, 1.82) is 0 Å². The zero-order valence-corrected chi connectivity index (χ0v) is 13.6. The molecule has 1 aliphatic rings. The fourth-order valence-electron chi connectivity index (χ4n) is 2.95. The van der Waals surface area contributed by atoms with Gasteiger partial charge in [0, 0.05) is 18.4 Å². The summed E-state index contributed by atoms with van der Waals surface area (Å²) >= 11 is 0. The second kappa shape index (κ2) is 6.88. The first-order chi connectivity index (χ1) is 11.9. The van der Waals surface area contributed by atoms with Gasteiger partial charge in [-0.1, -0.05) is 6.07 Å². The van der Waals surface area contributed by atoms with E-state index in [9.17, 15) is 0 Å². The van der Waals surface area contributed by atoms with Gasteiger partial charge in [0.15, 0.2) is 5.65 Å². The number of aromatic nitrogens is 3. The number of anilines is 2. The summed E-state index contributed by atoms with van der Waals surface area (Å²) in [4.78, 5) is 6.88. The maximum absolute atomic E-state index is 5.82. The fourth-order valence-corrected chi connectivity index (χ4v) is 2.95. The molecule has 1 fully saturated rings. The van der Waals surface area contributed by atoms with Crippen LogP contribution in [0.3, 0.4) is 0 Å². The van der Waals surface area contributed by atoms with Gasteiger partial charge in [-0.25, -0.2) is 4.52 Å². The third-order valence-corrected chi connectivity index (χ3v) is 4.23. The van der Waals surface area contributed by atoms with Gasteiger partial charge in [-0.05, 0) is 62.3 Å². The molecule has 1 aliphatic heterocycles. The minimum Gasteiger partial charge on any atom is -0.492 e. The first kappa shape index (κ1) is 15.0. The van der Waals surface area contributed by atoms with Crippen molar-refractivity contribution in [1.82, 2.24) is 19.5 Å². The largest absolute Gasteiger partial charge is 0.492 e. The molecule has 1 N–H and O–H groups in total. The van der Waals surface area contributed by atoms with Crippen LogP contribution < -0.4 is 10.1 Å². The quantitative estimate of drug-likeness (QED) is 0.756. The van der Waals surface area contributed by atoms with Crippen molar-refractivity contribution in [3.05, 3.63) is 48.7 Å². The van der Waals surface area contributed by atoms with E-state index >= 15 is 0 Å². The van der Waals surface area contributed by atoms with Gasteiger partial charge in [0.05, 0.1) is 0 Å². The van der Waals surface area contributed by atoms with E-state index in [1.54, 1.807) is 4.52 Å². The number of pyridine rings is 1. The Hall–Kier alpha value is -2.60. The average molecular weight is 323 g/mol. The van der Waals surface area contributed by atoms with Gasteiger partial charge in [-0.3, -0.25) is 4.90 Å². The average Bonchev–Trinajstić information content (AvgIpc) is 3.25. The molecule has 0 amide bonds. The van der Waals surface area contributed by atoms with Gasteiger partial charge in [0.1, 0.15) is 12.4 Å². The molecule has 0 aliphatic carbocycles. The van der Waals surface area contributed by atoms with Gasteiger partial charge in [-0.15, -0.1) is 5.10 Å². The topological polar surface area (TPSA) is 54.7 Å². The van der Waals surface area contributed by atoms with Crippen LogP contribution in [0.15, 0.2) is 48.7 Å². The van der Waals surface area contributed by atoms with E-state index in [0.29, 0.717) is 5.95 Å². The van der Waals surface area contributed by atoms with Crippen LogP contribution in [0.4, 0.5) is 11.6 Å². The molecule has 1 saturated heterocycles. The third-order valence-electron chi connectivity index (χ3n) is 4.23. The molecule has 6 nitrogen and oxygen atoms in total. The number of hydrogen-bond donors (Lipinski definition) is 1. The highest BCUT2D eigenvalue weighted by atomic mass is 16.5. The number of benzene rings is 1. The lowest BCUT2D eigenvalue weighted by Crippen LogP contribution is -2.25. The second-order valence-corrected chi connectivity index (χ2v) is 5.99. The Labute approximate surface area is 141 Å². The highest BCUT2D eigenvalue weighted by Crippen LogP contribution is 2.19. The number of ether oxygens (including phenoxy) is 1. The van der Waals surface area contributed by atoms with Crippen molar-refractivity contribution in [2.75, 3.05) is 31.6 Å². The van der Waals surface area contributed by atoms with E-state index in [4.69, 9.17) is 4.74 Å². The van der Waals surface area contributed by atoms with Crippen molar-refractivity contribution in [3.8, 4) is 5.75 Å². The van der Waals surface area contributed by atoms with Crippen molar-refractivity contribution >= 4 is 17.3 Å². The molecule has 0 radical (unpaired) electrons. The molecule has 0 unspecified atom stereocenters. The van der Waals surface area contributed by atoms with Crippen molar-refractivity contribution in [2.45, 2.75) is 12.8 Å². The highest BCUT2D eigenvalue weighted by molar-refractivity contribution is 5.56. The summed E-state index contributed by atoms with van der Waals surface area (Å²) in [6, 6.07) is 13.7. The predicted molar refractivity (Wildman–Crippen MR) is 93.9 cm³/mol. The van der Waals surface area contributed by atoms with Crippen LogP contribution >= 0.6 is 0 Å². The molecule has 0 bridgehead atoms. The summed E-state index contributed by atoms with van der Waals surface area (Å²) in [5, 5.41) is 7.60. The van der Waals surface area contributed by atoms with E-state index in [0.717, 1.165) is 30.2 Å². The molecular weight excluding hydrogens is 302 g/mol. The van der Waals surface area contributed by atoms with Crippen molar-refractivity contribution < 1.29 is 4.74 Å². The Bertz CT molecular complexity index is 760. The zero-order valence-electron chi connectivity index (χ0n) is 13.6. The van der Waals surface area contributed by atoms with Crippen LogP contribution in [0.1, 0.15) is 12.8 Å². The number of hydrogen-bond acceptors (Lipinski definition) is 5.